The molecule has 0 bridgehead atoms. The Hall–Kier alpha value is -1.55. The van der Waals surface area contributed by atoms with Crippen LogP contribution in [0.5, 0.6) is 0 Å². The van der Waals surface area contributed by atoms with Gasteiger partial charge in [-0.2, -0.15) is 0 Å². The van der Waals surface area contributed by atoms with Crippen molar-refractivity contribution in [3.63, 3.8) is 0 Å². The maximum absolute atomic E-state index is 12.5. The number of carbonyl (C=O) groups excluding carboxylic acids is 2. The Kier molecular flexibility index (Phi) is 7.30. The van der Waals surface area contributed by atoms with Crippen molar-refractivity contribution in [2.24, 2.45) is 5.92 Å². The fraction of sp³-hybridized carbons (Fsp3) is 0.600. The molecule has 0 aliphatic carbocycles. The third-order valence-electron chi connectivity index (χ3n) is 4.84. The Bertz CT molecular complexity index is 618. The molecule has 1 aromatic rings. The number of rotatable bonds is 8. The molecule has 2 unspecified atom stereocenters. The van der Waals surface area contributed by atoms with Gasteiger partial charge >= 0.3 is 0 Å². The molecule has 1 aromatic carbocycles. The number of halogens is 1. The summed E-state index contributed by atoms with van der Waals surface area (Å²) in [5.74, 6) is -0.321. The van der Waals surface area contributed by atoms with Gasteiger partial charge in [0.25, 0.3) is 0 Å². The number of hydrogen-bond acceptors (Lipinski definition) is 2. The molecule has 1 heterocycles. The van der Waals surface area contributed by atoms with Crippen LogP contribution >= 0.6 is 11.6 Å². The van der Waals surface area contributed by atoms with Gasteiger partial charge in [0.1, 0.15) is 0 Å². The van der Waals surface area contributed by atoms with E-state index in [2.05, 4.69) is 12.2 Å². The highest BCUT2D eigenvalue weighted by Gasteiger charge is 2.35. The van der Waals surface area contributed by atoms with E-state index in [0.717, 1.165) is 24.1 Å². The first-order valence-electron chi connectivity index (χ1n) is 9.29. The summed E-state index contributed by atoms with van der Waals surface area (Å²) >= 11 is 6.16. The van der Waals surface area contributed by atoms with E-state index in [4.69, 9.17) is 11.6 Å². The molecule has 1 fully saturated rings. The maximum atomic E-state index is 12.5. The molecule has 0 spiro atoms. The zero-order chi connectivity index (χ0) is 18.4. The van der Waals surface area contributed by atoms with E-state index >= 15 is 0 Å². The van der Waals surface area contributed by atoms with E-state index in [1.54, 1.807) is 11.0 Å². The van der Waals surface area contributed by atoms with Crippen LogP contribution in [0.3, 0.4) is 0 Å². The van der Waals surface area contributed by atoms with E-state index in [1.165, 1.54) is 19.3 Å². The van der Waals surface area contributed by atoms with Crippen LogP contribution in [-0.2, 0) is 9.59 Å². The van der Waals surface area contributed by atoms with Crippen LogP contribution in [0.1, 0.15) is 57.9 Å². The van der Waals surface area contributed by atoms with E-state index < -0.39 is 0 Å². The number of anilines is 1. The highest BCUT2D eigenvalue weighted by Crippen LogP contribution is 2.29. The zero-order valence-corrected chi connectivity index (χ0v) is 16.2. The lowest BCUT2D eigenvalue weighted by Crippen LogP contribution is -2.38. The van der Waals surface area contributed by atoms with Crippen LogP contribution in [0.25, 0.3) is 0 Å². The molecule has 25 heavy (non-hydrogen) atoms. The standard InChI is InChI=1S/C20H29ClN2O2/c1-4-5-6-7-8-15(3)22-20(25)16-11-19(24)23(13-16)17-10-9-14(2)18(21)12-17/h9-10,12,15-16H,4-8,11,13H2,1-3H3,(H,22,25). The van der Waals surface area contributed by atoms with Gasteiger partial charge in [-0.1, -0.05) is 50.3 Å². The second-order valence-corrected chi connectivity index (χ2v) is 7.51. The van der Waals surface area contributed by atoms with Crippen LogP contribution in [0.2, 0.25) is 5.02 Å². The van der Waals surface area contributed by atoms with Crippen molar-refractivity contribution < 1.29 is 9.59 Å². The molecule has 1 N–H and O–H groups in total. The van der Waals surface area contributed by atoms with Crippen LogP contribution in [0.15, 0.2) is 18.2 Å². The normalized spacial score (nSPS) is 18.5. The minimum Gasteiger partial charge on any atom is -0.353 e. The van der Waals surface area contributed by atoms with Crippen LogP contribution in [-0.4, -0.2) is 24.4 Å². The van der Waals surface area contributed by atoms with Crippen LogP contribution in [0.4, 0.5) is 5.69 Å². The van der Waals surface area contributed by atoms with Gasteiger partial charge in [0.15, 0.2) is 0 Å². The van der Waals surface area contributed by atoms with Crippen molar-refractivity contribution >= 4 is 29.1 Å². The number of nitrogens with one attached hydrogen (secondary N) is 1. The van der Waals surface area contributed by atoms with Crippen molar-refractivity contribution in [1.29, 1.82) is 0 Å². The minimum absolute atomic E-state index is 0.0166. The third kappa shape index (κ3) is 5.46. The van der Waals surface area contributed by atoms with Gasteiger partial charge in [0.2, 0.25) is 11.8 Å². The molecule has 0 aromatic heterocycles. The summed E-state index contributed by atoms with van der Waals surface area (Å²) in [6, 6.07) is 5.74. The minimum atomic E-state index is -0.286. The third-order valence-corrected chi connectivity index (χ3v) is 5.25. The molecule has 138 valence electrons. The molecular weight excluding hydrogens is 336 g/mol. The van der Waals surface area contributed by atoms with E-state index in [0.29, 0.717) is 11.6 Å². The summed E-state index contributed by atoms with van der Waals surface area (Å²) in [7, 11) is 0. The molecule has 1 saturated heterocycles. The molecule has 5 heteroatoms. The van der Waals surface area contributed by atoms with Crippen LogP contribution < -0.4 is 10.2 Å². The molecule has 1 aliphatic heterocycles. The first kappa shape index (κ1) is 19.8. The summed E-state index contributed by atoms with van der Waals surface area (Å²) in [4.78, 5) is 26.5. The number of amides is 2. The molecule has 1 aliphatic rings. The SMILES string of the molecule is CCCCCCC(C)NC(=O)C1CC(=O)N(c2ccc(C)c(Cl)c2)C1. The van der Waals surface area contributed by atoms with Gasteiger partial charge in [-0.3, -0.25) is 9.59 Å². The predicted octanol–water partition coefficient (Wildman–Crippen LogP) is 4.48. The summed E-state index contributed by atoms with van der Waals surface area (Å²) in [6.45, 7) is 6.58. The number of carbonyl (C=O) groups is 2. The average Bonchev–Trinajstić information content (AvgIpc) is 2.96. The van der Waals surface area contributed by atoms with E-state index in [1.807, 2.05) is 26.0 Å². The lowest BCUT2D eigenvalue weighted by molar-refractivity contribution is -0.126. The monoisotopic (exact) mass is 364 g/mol. The van der Waals surface area contributed by atoms with Gasteiger partial charge in [-0.05, 0) is 38.0 Å². The first-order valence-corrected chi connectivity index (χ1v) is 9.67. The number of hydrogen-bond donors (Lipinski definition) is 1. The zero-order valence-electron chi connectivity index (χ0n) is 15.5. The average molecular weight is 365 g/mol. The number of nitrogens with zero attached hydrogens (tertiary/aromatic N) is 1. The smallest absolute Gasteiger partial charge is 0.227 e. The number of benzene rings is 1. The van der Waals surface area contributed by atoms with Crippen molar-refractivity contribution in [3.05, 3.63) is 28.8 Å². The predicted molar refractivity (Wildman–Crippen MR) is 103 cm³/mol. The largest absolute Gasteiger partial charge is 0.353 e. The molecule has 0 radical (unpaired) electrons. The van der Waals surface area contributed by atoms with Gasteiger partial charge < -0.3 is 10.2 Å². The topological polar surface area (TPSA) is 49.4 Å². The molecule has 2 atom stereocenters. The van der Waals surface area contributed by atoms with Crippen LogP contribution in [0, 0.1) is 12.8 Å². The lowest BCUT2D eigenvalue weighted by Gasteiger charge is -2.19. The van der Waals surface area contributed by atoms with Gasteiger partial charge in [0.05, 0.1) is 5.92 Å². The number of aryl methyl sites for hydroxylation is 1. The Morgan fingerprint density at radius 1 is 1.36 bits per heavy atom. The maximum Gasteiger partial charge on any atom is 0.227 e. The second kappa shape index (κ2) is 9.23. The molecule has 4 nitrogen and oxygen atoms in total. The van der Waals surface area contributed by atoms with E-state index in [9.17, 15) is 9.59 Å². The molecule has 2 rings (SSSR count). The van der Waals surface area contributed by atoms with Crippen molar-refractivity contribution in [2.75, 3.05) is 11.4 Å². The van der Waals surface area contributed by atoms with Gasteiger partial charge in [0, 0.05) is 29.7 Å². The van der Waals surface area contributed by atoms with E-state index in [-0.39, 0.29) is 30.2 Å². The Morgan fingerprint density at radius 2 is 2.12 bits per heavy atom. The fourth-order valence-electron chi connectivity index (χ4n) is 3.19. The van der Waals surface area contributed by atoms with Crippen molar-refractivity contribution in [2.45, 2.75) is 65.3 Å². The highest BCUT2D eigenvalue weighted by molar-refractivity contribution is 6.31. The quantitative estimate of drug-likeness (QED) is 0.691. The lowest BCUT2D eigenvalue weighted by atomic mass is 10.1. The first-order chi connectivity index (χ1) is 11.9. The summed E-state index contributed by atoms with van der Waals surface area (Å²) < 4.78 is 0. The fourth-order valence-corrected chi connectivity index (χ4v) is 3.37. The van der Waals surface area contributed by atoms with Gasteiger partial charge in [-0.15, -0.1) is 0 Å². The Labute approximate surface area is 155 Å². The molecular formula is C20H29ClN2O2. The second-order valence-electron chi connectivity index (χ2n) is 7.10. The molecule has 0 saturated carbocycles. The van der Waals surface area contributed by atoms with Crippen molar-refractivity contribution in [1.82, 2.24) is 5.32 Å². The molecule has 2 amide bonds. The van der Waals surface area contributed by atoms with Gasteiger partial charge in [-0.25, -0.2) is 0 Å². The number of unbranched alkanes of at least 4 members (excludes halogenated alkanes) is 3. The van der Waals surface area contributed by atoms with Crippen molar-refractivity contribution in [3.8, 4) is 0 Å². The summed E-state index contributed by atoms with van der Waals surface area (Å²) in [6.07, 6.45) is 6.05. The summed E-state index contributed by atoms with van der Waals surface area (Å²) in [5, 5.41) is 3.71. The highest BCUT2D eigenvalue weighted by atomic mass is 35.5. The summed E-state index contributed by atoms with van der Waals surface area (Å²) in [5.41, 5.74) is 1.74. The Morgan fingerprint density at radius 3 is 2.80 bits per heavy atom. The Balaban J connectivity index is 1.88.